The molecule has 7 nitrogen and oxygen atoms in total. The van der Waals surface area contributed by atoms with E-state index in [0.29, 0.717) is 33.4 Å². The molecule has 4 aromatic rings. The number of nitrogens with zero attached hydrogens (tertiary/aromatic N) is 1. The fourth-order valence-electron chi connectivity index (χ4n) is 3.15. The second-order valence-corrected chi connectivity index (χ2v) is 6.75. The van der Waals surface area contributed by atoms with Crippen LogP contribution in [0.3, 0.4) is 0 Å². The van der Waals surface area contributed by atoms with Crippen LogP contribution >= 0.6 is 0 Å². The first kappa shape index (κ1) is 19.1. The van der Waals surface area contributed by atoms with Gasteiger partial charge in [-0.2, -0.15) is 0 Å². The lowest BCUT2D eigenvalue weighted by Crippen LogP contribution is -2.33. The van der Waals surface area contributed by atoms with Crippen LogP contribution in [0.15, 0.2) is 82.4 Å². The van der Waals surface area contributed by atoms with Gasteiger partial charge in [0, 0.05) is 16.8 Å². The topological polar surface area (TPSA) is 101 Å². The lowest BCUT2D eigenvalue weighted by Gasteiger charge is -2.09. The molecule has 0 saturated carbocycles. The molecule has 1 heterocycles. The summed E-state index contributed by atoms with van der Waals surface area (Å²) in [6.07, 6.45) is 0. The Morgan fingerprint density at radius 3 is 2.13 bits per heavy atom. The fourth-order valence-corrected chi connectivity index (χ4v) is 3.15. The first-order chi connectivity index (χ1) is 14.4. The molecule has 0 aliphatic heterocycles. The molecule has 7 heteroatoms. The highest BCUT2D eigenvalue weighted by atomic mass is 16.2. The molecule has 0 saturated heterocycles. The first-order valence-corrected chi connectivity index (χ1v) is 9.21. The van der Waals surface area contributed by atoms with Crippen molar-refractivity contribution in [3.8, 4) is 5.69 Å². The molecule has 2 N–H and O–H groups in total. The highest BCUT2D eigenvalue weighted by Crippen LogP contribution is 2.13. The number of fused-ring (bicyclic) bond motifs is 1. The Kier molecular flexibility index (Phi) is 4.85. The number of hydrogen-bond acceptors (Lipinski definition) is 4. The third-order valence-corrected chi connectivity index (χ3v) is 4.74. The highest BCUT2D eigenvalue weighted by Gasteiger charge is 2.11. The van der Waals surface area contributed by atoms with Gasteiger partial charge in [0.1, 0.15) is 0 Å². The Morgan fingerprint density at radius 2 is 1.47 bits per heavy atom. The van der Waals surface area contributed by atoms with E-state index in [1.807, 2.05) is 0 Å². The molecule has 0 radical (unpaired) electrons. The summed E-state index contributed by atoms with van der Waals surface area (Å²) in [4.78, 5) is 51.6. The fraction of sp³-hybridized carbons (Fsp3) is 0.0435. The predicted octanol–water partition coefficient (Wildman–Crippen LogP) is 3.13. The van der Waals surface area contributed by atoms with Crippen LogP contribution in [0, 0.1) is 0 Å². The van der Waals surface area contributed by atoms with Gasteiger partial charge in [-0.05, 0) is 67.6 Å². The van der Waals surface area contributed by atoms with Crippen molar-refractivity contribution in [1.82, 2.24) is 9.55 Å². The number of nitrogens with one attached hydrogen (secondary N) is 2. The summed E-state index contributed by atoms with van der Waals surface area (Å²) in [5.41, 5.74) is 1.31. The Bertz CT molecular complexity index is 1380. The van der Waals surface area contributed by atoms with Gasteiger partial charge in [0.15, 0.2) is 5.78 Å². The summed E-state index contributed by atoms with van der Waals surface area (Å²) in [6, 6.07) is 19.5. The molecule has 30 heavy (non-hydrogen) atoms. The SMILES string of the molecule is CC(=O)c1ccc(NC(=O)c2ccc(-n3c(=O)[nH]c4ccccc4c3=O)cc2)cc1. The van der Waals surface area contributed by atoms with Crippen molar-refractivity contribution in [2.75, 3.05) is 5.32 Å². The molecule has 1 amide bonds. The number of aromatic amines is 1. The second-order valence-electron chi connectivity index (χ2n) is 6.75. The van der Waals surface area contributed by atoms with Crippen LogP contribution < -0.4 is 16.6 Å². The van der Waals surface area contributed by atoms with Gasteiger partial charge in [-0.15, -0.1) is 0 Å². The summed E-state index contributed by atoms with van der Waals surface area (Å²) >= 11 is 0. The lowest BCUT2D eigenvalue weighted by atomic mass is 10.1. The molecular weight excluding hydrogens is 382 g/mol. The van der Waals surface area contributed by atoms with Crippen LogP contribution in [-0.2, 0) is 0 Å². The third-order valence-electron chi connectivity index (χ3n) is 4.74. The van der Waals surface area contributed by atoms with Gasteiger partial charge in [-0.25, -0.2) is 9.36 Å². The van der Waals surface area contributed by atoms with Crippen molar-refractivity contribution in [3.63, 3.8) is 0 Å². The molecule has 0 bridgehead atoms. The van der Waals surface area contributed by atoms with Gasteiger partial charge in [0.25, 0.3) is 11.5 Å². The van der Waals surface area contributed by atoms with Crippen LogP contribution in [0.25, 0.3) is 16.6 Å². The van der Waals surface area contributed by atoms with E-state index in [4.69, 9.17) is 0 Å². The zero-order valence-electron chi connectivity index (χ0n) is 16.0. The average molecular weight is 399 g/mol. The van der Waals surface area contributed by atoms with Crippen LogP contribution in [0.1, 0.15) is 27.6 Å². The Morgan fingerprint density at radius 1 is 0.833 bits per heavy atom. The van der Waals surface area contributed by atoms with Gasteiger partial charge in [0.05, 0.1) is 16.6 Å². The summed E-state index contributed by atoms with van der Waals surface area (Å²) in [6.45, 7) is 1.47. The van der Waals surface area contributed by atoms with E-state index >= 15 is 0 Å². The Labute approximate surface area is 170 Å². The number of carbonyl (C=O) groups excluding carboxylic acids is 2. The van der Waals surface area contributed by atoms with E-state index in [9.17, 15) is 19.2 Å². The minimum atomic E-state index is -0.554. The smallest absolute Gasteiger partial charge is 0.322 e. The van der Waals surface area contributed by atoms with E-state index in [1.165, 1.54) is 19.1 Å². The second kappa shape index (κ2) is 7.63. The highest BCUT2D eigenvalue weighted by molar-refractivity contribution is 6.04. The zero-order chi connectivity index (χ0) is 21.3. The van der Waals surface area contributed by atoms with E-state index < -0.39 is 11.2 Å². The monoisotopic (exact) mass is 399 g/mol. The molecule has 0 atom stereocenters. The average Bonchev–Trinajstić information content (AvgIpc) is 2.74. The van der Waals surface area contributed by atoms with Gasteiger partial charge < -0.3 is 10.3 Å². The summed E-state index contributed by atoms with van der Waals surface area (Å²) in [7, 11) is 0. The number of ketones is 1. The maximum absolute atomic E-state index is 12.7. The normalized spacial score (nSPS) is 10.7. The lowest BCUT2D eigenvalue weighted by molar-refractivity contribution is 0.101. The Balaban J connectivity index is 1.61. The molecule has 0 fully saturated rings. The molecule has 1 aromatic heterocycles. The largest absolute Gasteiger partial charge is 0.333 e. The maximum atomic E-state index is 12.7. The number of rotatable bonds is 4. The van der Waals surface area contributed by atoms with Crippen LogP contribution in [-0.4, -0.2) is 21.2 Å². The summed E-state index contributed by atoms with van der Waals surface area (Å²) < 4.78 is 1.03. The van der Waals surface area contributed by atoms with E-state index in [1.54, 1.807) is 60.7 Å². The predicted molar refractivity (Wildman–Crippen MR) is 115 cm³/mol. The van der Waals surface area contributed by atoms with Crippen LogP contribution in [0.4, 0.5) is 5.69 Å². The maximum Gasteiger partial charge on any atom is 0.333 e. The van der Waals surface area contributed by atoms with E-state index in [2.05, 4.69) is 10.3 Å². The van der Waals surface area contributed by atoms with Crippen molar-refractivity contribution >= 4 is 28.3 Å². The molecule has 0 aliphatic rings. The number of aromatic nitrogens is 2. The molecule has 0 spiro atoms. The van der Waals surface area contributed by atoms with Gasteiger partial charge in [-0.1, -0.05) is 12.1 Å². The Hall–Kier alpha value is -4.26. The van der Waals surface area contributed by atoms with Crippen molar-refractivity contribution in [2.24, 2.45) is 0 Å². The minimum Gasteiger partial charge on any atom is -0.322 e. The van der Waals surface area contributed by atoms with Crippen molar-refractivity contribution < 1.29 is 9.59 Å². The van der Waals surface area contributed by atoms with E-state index in [0.717, 1.165) is 4.57 Å². The quantitative estimate of drug-likeness (QED) is 0.515. The number of amides is 1. The van der Waals surface area contributed by atoms with E-state index in [-0.39, 0.29) is 11.7 Å². The number of Topliss-reactive ketones (excluding diaryl/α,β-unsaturated/α-hetero) is 1. The summed E-state index contributed by atoms with van der Waals surface area (Å²) in [5, 5.41) is 3.14. The molecule has 3 aromatic carbocycles. The van der Waals surface area contributed by atoms with Gasteiger partial charge in [0.2, 0.25) is 0 Å². The number of benzene rings is 3. The minimum absolute atomic E-state index is 0.0533. The number of para-hydroxylation sites is 1. The number of anilines is 1. The summed E-state index contributed by atoms with van der Waals surface area (Å²) in [5.74, 6) is -0.403. The molecule has 0 unspecified atom stereocenters. The first-order valence-electron chi connectivity index (χ1n) is 9.21. The van der Waals surface area contributed by atoms with Crippen molar-refractivity contribution in [3.05, 3.63) is 105 Å². The van der Waals surface area contributed by atoms with Gasteiger partial charge in [-0.3, -0.25) is 14.4 Å². The zero-order valence-corrected chi connectivity index (χ0v) is 16.0. The molecule has 148 valence electrons. The number of hydrogen-bond donors (Lipinski definition) is 2. The third kappa shape index (κ3) is 3.56. The standard InChI is InChI=1S/C23H17N3O4/c1-14(27)15-6-10-17(11-7-15)24-21(28)16-8-12-18(13-9-16)26-22(29)19-4-2-3-5-20(19)25-23(26)30/h2-13H,1H3,(H,24,28)(H,25,30). The number of carbonyl (C=O) groups is 2. The van der Waals surface area contributed by atoms with Crippen LogP contribution in [0.5, 0.6) is 0 Å². The van der Waals surface area contributed by atoms with Crippen LogP contribution in [0.2, 0.25) is 0 Å². The molecular formula is C23H17N3O4. The van der Waals surface area contributed by atoms with Gasteiger partial charge >= 0.3 is 5.69 Å². The van der Waals surface area contributed by atoms with Crippen molar-refractivity contribution in [2.45, 2.75) is 6.92 Å². The molecule has 0 aliphatic carbocycles. The number of H-pyrrole nitrogens is 1. The molecule has 4 rings (SSSR count). The van der Waals surface area contributed by atoms with Crippen molar-refractivity contribution in [1.29, 1.82) is 0 Å².